The third kappa shape index (κ3) is 4.51. The zero-order valence-electron chi connectivity index (χ0n) is 13.8. The van der Waals surface area contributed by atoms with Crippen molar-refractivity contribution < 1.29 is 9.47 Å². The smallest absolute Gasteiger partial charge is 0.180 e. The van der Waals surface area contributed by atoms with E-state index in [0.29, 0.717) is 29.5 Å². The van der Waals surface area contributed by atoms with Gasteiger partial charge in [-0.05, 0) is 47.2 Å². The Kier molecular flexibility index (Phi) is 5.91. The third-order valence-corrected chi connectivity index (χ3v) is 4.93. The number of nitrogens with zero attached hydrogens (tertiary/aromatic N) is 1. The predicted octanol–water partition coefficient (Wildman–Crippen LogP) is 4.63. The summed E-state index contributed by atoms with van der Waals surface area (Å²) in [6, 6.07) is 11.5. The fourth-order valence-corrected chi connectivity index (χ4v) is 3.44. The molecule has 0 saturated carbocycles. The lowest BCUT2D eigenvalue weighted by atomic mass is 10.0. The van der Waals surface area contributed by atoms with Crippen molar-refractivity contribution in [1.82, 2.24) is 4.98 Å². The van der Waals surface area contributed by atoms with E-state index in [1.807, 2.05) is 41.8 Å². The van der Waals surface area contributed by atoms with Gasteiger partial charge in [0.1, 0.15) is 6.61 Å². The molecule has 0 amide bonds. The summed E-state index contributed by atoms with van der Waals surface area (Å²) in [6.07, 6.45) is 4.14. The number of rotatable bonds is 7. The Morgan fingerprint density at radius 3 is 2.84 bits per heavy atom. The molecule has 3 rings (SSSR count). The Bertz CT molecular complexity index is 810. The highest BCUT2D eigenvalue weighted by Crippen LogP contribution is 2.38. The molecule has 6 heteroatoms. The number of aromatic nitrogens is 1. The highest BCUT2D eigenvalue weighted by atomic mass is 35.5. The van der Waals surface area contributed by atoms with E-state index in [-0.39, 0.29) is 6.04 Å². The molecule has 0 fully saturated rings. The number of benzene rings is 1. The van der Waals surface area contributed by atoms with Gasteiger partial charge in [0.25, 0.3) is 0 Å². The van der Waals surface area contributed by atoms with Crippen molar-refractivity contribution in [3.8, 4) is 11.5 Å². The van der Waals surface area contributed by atoms with Crippen LogP contribution < -0.4 is 15.2 Å². The van der Waals surface area contributed by atoms with Gasteiger partial charge < -0.3 is 15.2 Å². The second kappa shape index (κ2) is 8.34. The summed E-state index contributed by atoms with van der Waals surface area (Å²) in [4.78, 5) is 5.24. The lowest BCUT2D eigenvalue weighted by Gasteiger charge is -2.16. The Labute approximate surface area is 156 Å². The van der Waals surface area contributed by atoms with Gasteiger partial charge >= 0.3 is 0 Å². The summed E-state index contributed by atoms with van der Waals surface area (Å²) in [7, 11) is 1.61. The highest BCUT2D eigenvalue weighted by Gasteiger charge is 2.15. The van der Waals surface area contributed by atoms with E-state index >= 15 is 0 Å². The van der Waals surface area contributed by atoms with Gasteiger partial charge in [0.05, 0.1) is 12.1 Å². The lowest BCUT2D eigenvalue weighted by molar-refractivity contribution is 0.287. The number of halogens is 1. The number of pyridine rings is 1. The molecule has 2 N–H and O–H groups in total. The van der Waals surface area contributed by atoms with E-state index in [9.17, 15) is 0 Å². The van der Waals surface area contributed by atoms with E-state index < -0.39 is 0 Å². The minimum atomic E-state index is -0.160. The average molecular weight is 375 g/mol. The number of methoxy groups -OCH3 is 1. The molecule has 0 radical (unpaired) electrons. The molecule has 0 spiro atoms. The van der Waals surface area contributed by atoms with Gasteiger partial charge in [-0.3, -0.25) is 4.98 Å². The van der Waals surface area contributed by atoms with Crippen molar-refractivity contribution >= 4 is 22.9 Å². The summed E-state index contributed by atoms with van der Waals surface area (Å²) in [5, 5.41) is 2.53. The summed E-state index contributed by atoms with van der Waals surface area (Å²) in [5.74, 6) is 1.16. The molecular formula is C19H19ClN2O2S. The molecule has 0 saturated heterocycles. The minimum Gasteiger partial charge on any atom is -0.493 e. The topological polar surface area (TPSA) is 57.4 Å². The van der Waals surface area contributed by atoms with Crippen molar-refractivity contribution in [2.45, 2.75) is 19.1 Å². The van der Waals surface area contributed by atoms with Crippen molar-refractivity contribution in [2.75, 3.05) is 7.11 Å². The first-order chi connectivity index (χ1) is 12.2. The maximum absolute atomic E-state index is 6.43. The molecule has 1 unspecified atom stereocenters. The van der Waals surface area contributed by atoms with Gasteiger partial charge in [-0.25, -0.2) is 0 Å². The van der Waals surface area contributed by atoms with E-state index in [1.54, 1.807) is 30.8 Å². The van der Waals surface area contributed by atoms with Crippen LogP contribution in [0.4, 0.5) is 0 Å². The number of thiophene rings is 1. The number of hydrogen-bond donors (Lipinski definition) is 1. The van der Waals surface area contributed by atoms with Crippen molar-refractivity contribution in [3.05, 3.63) is 75.2 Å². The molecule has 1 atom stereocenters. The first kappa shape index (κ1) is 17.7. The molecule has 2 heterocycles. The van der Waals surface area contributed by atoms with Crippen LogP contribution in [0.5, 0.6) is 11.5 Å². The Morgan fingerprint density at radius 2 is 2.16 bits per heavy atom. The van der Waals surface area contributed by atoms with Gasteiger partial charge in [-0.2, -0.15) is 0 Å². The quantitative estimate of drug-likeness (QED) is 0.655. The van der Waals surface area contributed by atoms with Crippen LogP contribution in [0.3, 0.4) is 0 Å². The molecule has 0 bridgehead atoms. The van der Waals surface area contributed by atoms with Crippen LogP contribution in [0, 0.1) is 0 Å². The van der Waals surface area contributed by atoms with Gasteiger partial charge in [-0.1, -0.05) is 23.7 Å². The van der Waals surface area contributed by atoms with Gasteiger partial charge in [-0.15, -0.1) is 11.3 Å². The summed E-state index contributed by atoms with van der Waals surface area (Å²) < 4.78 is 11.3. The van der Waals surface area contributed by atoms with Gasteiger partial charge in [0.15, 0.2) is 11.5 Å². The molecule has 3 aromatic rings. The second-order valence-electron chi connectivity index (χ2n) is 5.57. The van der Waals surface area contributed by atoms with Crippen LogP contribution >= 0.6 is 22.9 Å². The predicted molar refractivity (Wildman–Crippen MR) is 102 cm³/mol. The number of nitrogens with two attached hydrogens (primary N) is 1. The molecule has 1 aromatic carbocycles. The summed E-state index contributed by atoms with van der Waals surface area (Å²) in [5.41, 5.74) is 8.25. The van der Waals surface area contributed by atoms with Crippen LogP contribution in [0.15, 0.2) is 54.2 Å². The van der Waals surface area contributed by atoms with E-state index in [0.717, 1.165) is 16.0 Å². The normalized spacial score (nSPS) is 12.0. The SMILES string of the molecule is COc1cc(CC(N)c2cccnc2)cc(Cl)c1OCc1cccs1. The Hall–Kier alpha value is -2.08. The maximum Gasteiger partial charge on any atom is 0.180 e. The highest BCUT2D eigenvalue weighted by molar-refractivity contribution is 7.09. The van der Waals surface area contributed by atoms with Crippen LogP contribution in [0.25, 0.3) is 0 Å². The van der Waals surface area contributed by atoms with Crippen molar-refractivity contribution in [3.63, 3.8) is 0 Å². The molecule has 2 aromatic heterocycles. The molecule has 4 nitrogen and oxygen atoms in total. The summed E-state index contributed by atoms with van der Waals surface area (Å²) >= 11 is 8.07. The molecule has 130 valence electrons. The van der Waals surface area contributed by atoms with Crippen LogP contribution in [-0.2, 0) is 13.0 Å². The largest absolute Gasteiger partial charge is 0.493 e. The summed E-state index contributed by atoms with van der Waals surface area (Å²) in [6.45, 7) is 0.461. The Morgan fingerprint density at radius 1 is 1.28 bits per heavy atom. The van der Waals surface area contributed by atoms with Crippen LogP contribution in [0.2, 0.25) is 5.02 Å². The molecule has 25 heavy (non-hydrogen) atoms. The standard InChI is InChI=1S/C19H19ClN2O2S/c1-23-18-10-13(9-17(21)14-4-2-6-22-11-14)8-16(20)19(18)24-12-15-5-3-7-25-15/h2-8,10-11,17H,9,12,21H2,1H3. The van der Waals surface area contributed by atoms with Crippen LogP contribution in [-0.4, -0.2) is 12.1 Å². The van der Waals surface area contributed by atoms with Crippen molar-refractivity contribution in [2.24, 2.45) is 5.73 Å². The third-order valence-electron chi connectivity index (χ3n) is 3.80. The maximum atomic E-state index is 6.43. The van der Waals surface area contributed by atoms with Gasteiger partial charge in [0, 0.05) is 23.3 Å². The second-order valence-corrected chi connectivity index (χ2v) is 7.01. The minimum absolute atomic E-state index is 0.160. The fraction of sp³-hybridized carbons (Fsp3) is 0.211. The van der Waals surface area contributed by atoms with E-state index in [4.69, 9.17) is 26.8 Å². The zero-order chi connectivity index (χ0) is 17.6. The molecular weight excluding hydrogens is 356 g/mol. The fourth-order valence-electron chi connectivity index (χ4n) is 2.54. The monoisotopic (exact) mass is 374 g/mol. The van der Waals surface area contributed by atoms with E-state index in [2.05, 4.69) is 4.98 Å². The average Bonchev–Trinajstić information content (AvgIpc) is 3.14. The number of ether oxygens (including phenoxy) is 2. The van der Waals surface area contributed by atoms with Crippen molar-refractivity contribution in [1.29, 1.82) is 0 Å². The van der Waals surface area contributed by atoms with Crippen LogP contribution in [0.1, 0.15) is 22.0 Å². The van der Waals surface area contributed by atoms with Gasteiger partial charge in [0.2, 0.25) is 0 Å². The molecule has 0 aliphatic carbocycles. The molecule has 0 aliphatic heterocycles. The zero-order valence-corrected chi connectivity index (χ0v) is 15.4. The lowest BCUT2D eigenvalue weighted by Crippen LogP contribution is -2.13. The first-order valence-corrected chi connectivity index (χ1v) is 9.10. The van der Waals surface area contributed by atoms with E-state index in [1.165, 1.54) is 0 Å². The molecule has 0 aliphatic rings. The number of hydrogen-bond acceptors (Lipinski definition) is 5. The Balaban J connectivity index is 1.76. The first-order valence-electron chi connectivity index (χ1n) is 7.84.